The van der Waals surface area contributed by atoms with Crippen LogP contribution in [0.15, 0.2) is 66.7 Å². The van der Waals surface area contributed by atoms with Gasteiger partial charge in [0, 0.05) is 13.7 Å². The van der Waals surface area contributed by atoms with Gasteiger partial charge in [-0.3, -0.25) is 0 Å². The van der Waals surface area contributed by atoms with E-state index in [-0.39, 0.29) is 0 Å². The average molecular weight is 346 g/mol. The fourth-order valence-electron chi connectivity index (χ4n) is 3.28. The van der Waals surface area contributed by atoms with Crippen LogP contribution in [0.1, 0.15) is 12.2 Å². The summed E-state index contributed by atoms with van der Waals surface area (Å²) in [6.07, 6.45) is 0.907. The zero-order valence-electron chi connectivity index (χ0n) is 14.9. The molecule has 4 heteroatoms. The van der Waals surface area contributed by atoms with E-state index in [0.29, 0.717) is 13.2 Å². The molecule has 0 radical (unpaired) electrons. The second-order valence-electron chi connectivity index (χ2n) is 6.31. The molecule has 132 valence electrons. The lowest BCUT2D eigenvalue weighted by Crippen LogP contribution is -2.08. The van der Waals surface area contributed by atoms with Crippen molar-refractivity contribution in [3.05, 3.63) is 72.6 Å². The third-order valence-corrected chi connectivity index (χ3v) is 4.52. The number of para-hydroxylation sites is 2. The topological polar surface area (TPSA) is 36.3 Å². The zero-order valence-corrected chi connectivity index (χ0v) is 14.9. The van der Waals surface area contributed by atoms with Gasteiger partial charge in [-0.25, -0.2) is 4.98 Å². The van der Waals surface area contributed by atoms with Gasteiger partial charge in [-0.05, 0) is 41.5 Å². The highest BCUT2D eigenvalue weighted by Gasteiger charge is 2.09. The summed E-state index contributed by atoms with van der Waals surface area (Å²) in [6, 6.07) is 22.7. The largest absolute Gasteiger partial charge is 0.494 e. The molecule has 0 unspecified atom stereocenters. The first-order valence-electron chi connectivity index (χ1n) is 8.90. The Labute approximate surface area is 153 Å². The first kappa shape index (κ1) is 16.6. The summed E-state index contributed by atoms with van der Waals surface area (Å²) in [5, 5.41) is 2.43. The highest BCUT2D eigenvalue weighted by atomic mass is 16.5. The summed E-state index contributed by atoms with van der Waals surface area (Å²) in [5.74, 6) is 1.87. The minimum atomic E-state index is 0.514. The molecule has 3 aromatic carbocycles. The Balaban J connectivity index is 1.42. The molecule has 4 aromatic rings. The number of ether oxygens (including phenoxy) is 2. The Morgan fingerprint density at radius 1 is 0.923 bits per heavy atom. The monoisotopic (exact) mass is 346 g/mol. The molecule has 4 nitrogen and oxygen atoms in total. The van der Waals surface area contributed by atoms with Crippen LogP contribution in [-0.2, 0) is 17.9 Å². The van der Waals surface area contributed by atoms with Crippen LogP contribution in [-0.4, -0.2) is 23.3 Å². The molecule has 26 heavy (non-hydrogen) atoms. The number of aromatic nitrogens is 2. The predicted octanol–water partition coefficient (Wildman–Crippen LogP) is 4.81. The van der Waals surface area contributed by atoms with Crippen molar-refractivity contribution in [2.75, 3.05) is 13.7 Å². The van der Waals surface area contributed by atoms with E-state index in [1.165, 1.54) is 10.8 Å². The van der Waals surface area contributed by atoms with Gasteiger partial charge in [-0.15, -0.1) is 0 Å². The Morgan fingerprint density at radius 3 is 2.62 bits per heavy atom. The van der Waals surface area contributed by atoms with Crippen molar-refractivity contribution in [2.45, 2.75) is 19.6 Å². The second kappa shape index (κ2) is 7.58. The molecule has 0 aliphatic heterocycles. The second-order valence-corrected chi connectivity index (χ2v) is 6.31. The maximum atomic E-state index is 5.96. The van der Waals surface area contributed by atoms with Crippen molar-refractivity contribution in [1.82, 2.24) is 9.55 Å². The van der Waals surface area contributed by atoms with Gasteiger partial charge < -0.3 is 14.0 Å². The summed E-state index contributed by atoms with van der Waals surface area (Å²) in [5.41, 5.74) is 2.15. The third-order valence-electron chi connectivity index (χ3n) is 4.52. The van der Waals surface area contributed by atoms with Crippen LogP contribution in [0.4, 0.5) is 0 Å². The van der Waals surface area contributed by atoms with Crippen LogP contribution in [0.5, 0.6) is 5.75 Å². The average Bonchev–Trinajstić information content (AvgIpc) is 3.03. The lowest BCUT2D eigenvalue weighted by molar-refractivity contribution is 0.174. The quantitative estimate of drug-likeness (QED) is 0.451. The van der Waals surface area contributed by atoms with Crippen LogP contribution in [0.2, 0.25) is 0 Å². The van der Waals surface area contributed by atoms with Gasteiger partial charge in [0.25, 0.3) is 0 Å². The fourth-order valence-corrected chi connectivity index (χ4v) is 3.28. The molecule has 1 heterocycles. The molecule has 0 amide bonds. The molecular weight excluding hydrogens is 324 g/mol. The van der Waals surface area contributed by atoms with E-state index in [2.05, 4.69) is 45.9 Å². The number of fused-ring (bicyclic) bond motifs is 2. The molecule has 1 aromatic heterocycles. The maximum Gasteiger partial charge on any atom is 0.135 e. The number of rotatable bonds is 7. The van der Waals surface area contributed by atoms with Gasteiger partial charge in [0.1, 0.15) is 18.2 Å². The minimum absolute atomic E-state index is 0.514. The van der Waals surface area contributed by atoms with Gasteiger partial charge in [0.15, 0.2) is 0 Å². The standard InChI is InChI=1S/C22H22N2O2/c1-25-16-22-23-20-9-4-5-10-21(20)24(22)13-6-14-26-19-12-11-17-7-2-3-8-18(17)15-19/h2-5,7-12,15H,6,13-14,16H2,1H3. The molecule has 0 fully saturated rings. The fraction of sp³-hybridized carbons (Fsp3) is 0.227. The number of benzene rings is 3. The Morgan fingerprint density at radius 2 is 1.73 bits per heavy atom. The molecule has 0 saturated heterocycles. The summed E-state index contributed by atoms with van der Waals surface area (Å²) in [6.45, 7) is 2.03. The number of hydrogen-bond acceptors (Lipinski definition) is 3. The van der Waals surface area contributed by atoms with E-state index in [4.69, 9.17) is 9.47 Å². The number of imidazole rings is 1. The van der Waals surface area contributed by atoms with Crippen molar-refractivity contribution in [3.8, 4) is 5.75 Å². The lowest BCUT2D eigenvalue weighted by Gasteiger charge is -2.10. The van der Waals surface area contributed by atoms with E-state index in [9.17, 15) is 0 Å². The number of aryl methyl sites for hydroxylation is 1. The Hall–Kier alpha value is -2.85. The van der Waals surface area contributed by atoms with E-state index in [1.807, 2.05) is 30.3 Å². The predicted molar refractivity (Wildman–Crippen MR) is 105 cm³/mol. The van der Waals surface area contributed by atoms with E-state index < -0.39 is 0 Å². The summed E-state index contributed by atoms with van der Waals surface area (Å²) >= 11 is 0. The summed E-state index contributed by atoms with van der Waals surface area (Å²) < 4.78 is 13.5. The van der Waals surface area contributed by atoms with Crippen molar-refractivity contribution in [1.29, 1.82) is 0 Å². The highest BCUT2D eigenvalue weighted by molar-refractivity contribution is 5.83. The molecule has 0 spiro atoms. The lowest BCUT2D eigenvalue weighted by atomic mass is 10.1. The van der Waals surface area contributed by atoms with Crippen molar-refractivity contribution >= 4 is 21.8 Å². The molecule has 0 aliphatic carbocycles. The SMILES string of the molecule is COCc1nc2ccccc2n1CCCOc1ccc2ccccc2c1. The third kappa shape index (κ3) is 3.41. The van der Waals surface area contributed by atoms with Crippen LogP contribution in [0.3, 0.4) is 0 Å². The zero-order chi connectivity index (χ0) is 17.8. The van der Waals surface area contributed by atoms with Crippen LogP contribution in [0, 0.1) is 0 Å². The molecular formula is C22H22N2O2. The van der Waals surface area contributed by atoms with E-state index >= 15 is 0 Å². The smallest absolute Gasteiger partial charge is 0.135 e. The van der Waals surface area contributed by atoms with Gasteiger partial charge in [0.2, 0.25) is 0 Å². The molecule has 0 bridgehead atoms. The molecule has 0 N–H and O–H groups in total. The maximum absolute atomic E-state index is 5.96. The first-order chi connectivity index (χ1) is 12.8. The van der Waals surface area contributed by atoms with Gasteiger partial charge in [-0.1, -0.05) is 42.5 Å². The molecule has 0 aliphatic rings. The van der Waals surface area contributed by atoms with E-state index in [1.54, 1.807) is 7.11 Å². The van der Waals surface area contributed by atoms with Gasteiger partial charge in [0.05, 0.1) is 17.6 Å². The first-order valence-corrected chi connectivity index (χ1v) is 8.90. The van der Waals surface area contributed by atoms with Gasteiger partial charge in [-0.2, -0.15) is 0 Å². The minimum Gasteiger partial charge on any atom is -0.494 e. The van der Waals surface area contributed by atoms with Crippen molar-refractivity contribution in [2.24, 2.45) is 0 Å². The van der Waals surface area contributed by atoms with E-state index in [0.717, 1.165) is 35.6 Å². The van der Waals surface area contributed by atoms with Crippen molar-refractivity contribution < 1.29 is 9.47 Å². The highest BCUT2D eigenvalue weighted by Crippen LogP contribution is 2.21. The Bertz CT molecular complexity index is 1020. The van der Waals surface area contributed by atoms with Crippen LogP contribution in [0.25, 0.3) is 21.8 Å². The number of hydrogen-bond donors (Lipinski definition) is 0. The normalized spacial score (nSPS) is 11.3. The van der Waals surface area contributed by atoms with Crippen LogP contribution < -0.4 is 4.74 Å². The molecule has 0 saturated carbocycles. The number of methoxy groups -OCH3 is 1. The molecule has 0 atom stereocenters. The molecule has 4 rings (SSSR count). The van der Waals surface area contributed by atoms with Crippen LogP contribution >= 0.6 is 0 Å². The summed E-state index contributed by atoms with van der Waals surface area (Å²) in [7, 11) is 1.70. The van der Waals surface area contributed by atoms with Gasteiger partial charge >= 0.3 is 0 Å². The van der Waals surface area contributed by atoms with Crippen molar-refractivity contribution in [3.63, 3.8) is 0 Å². The Kier molecular flexibility index (Phi) is 4.84. The number of nitrogens with zero attached hydrogens (tertiary/aromatic N) is 2. The summed E-state index contributed by atoms with van der Waals surface area (Å²) in [4.78, 5) is 4.67.